The molecule has 1 atom stereocenters. The summed E-state index contributed by atoms with van der Waals surface area (Å²) < 4.78 is 5.60. The van der Waals surface area contributed by atoms with Gasteiger partial charge in [0.2, 0.25) is 0 Å². The Kier molecular flexibility index (Phi) is 5.84. The minimum absolute atomic E-state index is 0.0473. The average Bonchev–Trinajstić information content (AvgIpc) is 2.30. The number of nitrogens with two attached hydrogens (primary N) is 1. The van der Waals surface area contributed by atoms with Crippen molar-refractivity contribution < 1.29 is 4.74 Å². The second-order valence-corrected chi connectivity index (χ2v) is 4.69. The smallest absolute Gasteiger partial charge is 0.0704 e. The first-order chi connectivity index (χ1) is 7.69. The van der Waals surface area contributed by atoms with Crippen LogP contribution in [-0.2, 0) is 4.74 Å². The maximum Gasteiger partial charge on any atom is 0.0704 e. The third-order valence-corrected chi connectivity index (χ3v) is 3.12. The molecule has 1 aromatic rings. The van der Waals surface area contributed by atoms with Crippen LogP contribution >= 0.6 is 11.8 Å². The van der Waals surface area contributed by atoms with Crippen LogP contribution in [0.1, 0.15) is 25.5 Å². The Morgan fingerprint density at radius 2 is 2.06 bits per heavy atom. The summed E-state index contributed by atoms with van der Waals surface area (Å²) in [5.74, 6) is 5.58. The maximum atomic E-state index is 5.60. The lowest BCUT2D eigenvalue weighted by atomic mass is 10.1. The van der Waals surface area contributed by atoms with Gasteiger partial charge in [-0.05, 0) is 31.7 Å². The third-order valence-electron chi connectivity index (χ3n) is 2.31. The van der Waals surface area contributed by atoms with Gasteiger partial charge in [0.05, 0.1) is 18.8 Å². The molecule has 0 aliphatic heterocycles. The molecule has 90 valence electrons. The molecule has 3 N–H and O–H groups in total. The molecule has 16 heavy (non-hydrogen) atoms. The van der Waals surface area contributed by atoms with Crippen molar-refractivity contribution >= 4 is 11.8 Å². The minimum Gasteiger partial charge on any atom is -0.377 e. The second kappa shape index (κ2) is 6.91. The van der Waals surface area contributed by atoms with Crippen molar-refractivity contribution in [1.29, 1.82) is 0 Å². The Balaban J connectivity index is 2.77. The molecule has 0 saturated heterocycles. The number of thioether (sulfide) groups is 1. The molecule has 0 aliphatic rings. The number of benzene rings is 1. The van der Waals surface area contributed by atoms with Crippen LogP contribution in [0.3, 0.4) is 0 Å². The molecule has 0 fully saturated rings. The van der Waals surface area contributed by atoms with Crippen molar-refractivity contribution in [3.63, 3.8) is 0 Å². The van der Waals surface area contributed by atoms with Crippen molar-refractivity contribution in [1.82, 2.24) is 5.43 Å². The van der Waals surface area contributed by atoms with Gasteiger partial charge in [0.1, 0.15) is 0 Å². The van der Waals surface area contributed by atoms with Crippen LogP contribution in [0, 0.1) is 0 Å². The Morgan fingerprint density at radius 1 is 1.38 bits per heavy atom. The zero-order chi connectivity index (χ0) is 12.0. The molecule has 0 heterocycles. The normalized spacial score (nSPS) is 13.1. The topological polar surface area (TPSA) is 47.3 Å². The van der Waals surface area contributed by atoms with Crippen molar-refractivity contribution in [2.24, 2.45) is 5.84 Å². The van der Waals surface area contributed by atoms with Crippen molar-refractivity contribution in [2.45, 2.75) is 30.9 Å². The zero-order valence-corrected chi connectivity index (χ0v) is 10.9. The van der Waals surface area contributed by atoms with Gasteiger partial charge in [-0.25, -0.2) is 0 Å². The Bertz CT molecular complexity index is 318. The Hall–Kier alpha value is -0.550. The number of hydrogen-bond donors (Lipinski definition) is 2. The number of hydrogen-bond acceptors (Lipinski definition) is 4. The van der Waals surface area contributed by atoms with Crippen LogP contribution in [0.2, 0.25) is 0 Å². The molecule has 0 saturated carbocycles. The van der Waals surface area contributed by atoms with E-state index in [2.05, 4.69) is 23.8 Å². The molecule has 0 bridgehead atoms. The van der Waals surface area contributed by atoms with Gasteiger partial charge in [0.25, 0.3) is 0 Å². The minimum atomic E-state index is 0.0473. The van der Waals surface area contributed by atoms with E-state index in [9.17, 15) is 0 Å². The molecule has 3 nitrogen and oxygen atoms in total. The SMILES string of the molecule is CSc1ccccc1C(COC(C)C)NN. The number of nitrogens with one attached hydrogen (secondary N) is 1. The highest BCUT2D eigenvalue weighted by molar-refractivity contribution is 7.98. The number of hydrazine groups is 1. The van der Waals surface area contributed by atoms with Crippen LogP contribution in [0.25, 0.3) is 0 Å². The molecule has 0 aromatic heterocycles. The molecule has 0 amide bonds. The lowest BCUT2D eigenvalue weighted by Gasteiger charge is -2.20. The summed E-state index contributed by atoms with van der Waals surface area (Å²) in [6, 6.07) is 8.28. The molecule has 4 heteroatoms. The highest BCUT2D eigenvalue weighted by atomic mass is 32.2. The van der Waals surface area contributed by atoms with E-state index in [0.29, 0.717) is 6.61 Å². The van der Waals surface area contributed by atoms with Gasteiger partial charge in [0, 0.05) is 4.90 Å². The maximum absolute atomic E-state index is 5.60. The summed E-state index contributed by atoms with van der Waals surface area (Å²) in [5, 5.41) is 0. The molecular weight excluding hydrogens is 220 g/mol. The van der Waals surface area contributed by atoms with Gasteiger partial charge in [-0.15, -0.1) is 11.8 Å². The summed E-state index contributed by atoms with van der Waals surface area (Å²) in [7, 11) is 0. The predicted molar refractivity (Wildman–Crippen MR) is 69.4 cm³/mol. The second-order valence-electron chi connectivity index (χ2n) is 3.84. The summed E-state index contributed by atoms with van der Waals surface area (Å²) in [6.45, 7) is 4.63. The molecule has 1 rings (SSSR count). The largest absolute Gasteiger partial charge is 0.377 e. The molecule has 0 radical (unpaired) electrons. The van der Waals surface area contributed by atoms with Crippen molar-refractivity contribution in [3.8, 4) is 0 Å². The number of rotatable bonds is 6. The summed E-state index contributed by atoms with van der Waals surface area (Å²) in [5.41, 5.74) is 4.00. The van der Waals surface area contributed by atoms with E-state index >= 15 is 0 Å². The fourth-order valence-corrected chi connectivity index (χ4v) is 2.13. The first kappa shape index (κ1) is 13.5. The fourth-order valence-electron chi connectivity index (χ4n) is 1.47. The quantitative estimate of drug-likeness (QED) is 0.455. The molecular formula is C12H20N2OS. The Labute approximate surface area is 102 Å². The van der Waals surface area contributed by atoms with Gasteiger partial charge in [-0.1, -0.05) is 18.2 Å². The third kappa shape index (κ3) is 3.79. The Morgan fingerprint density at radius 3 is 2.62 bits per heavy atom. The fraction of sp³-hybridized carbons (Fsp3) is 0.500. The zero-order valence-electron chi connectivity index (χ0n) is 10.1. The molecule has 0 spiro atoms. The highest BCUT2D eigenvalue weighted by Gasteiger charge is 2.13. The van der Waals surface area contributed by atoms with Crippen molar-refractivity contribution in [3.05, 3.63) is 29.8 Å². The van der Waals surface area contributed by atoms with Gasteiger partial charge in [0.15, 0.2) is 0 Å². The van der Waals surface area contributed by atoms with E-state index in [4.69, 9.17) is 10.6 Å². The number of ether oxygens (including phenoxy) is 1. The van der Waals surface area contributed by atoms with Gasteiger partial charge in [-0.3, -0.25) is 11.3 Å². The summed E-state index contributed by atoms with van der Waals surface area (Å²) in [6.07, 6.45) is 2.28. The van der Waals surface area contributed by atoms with Crippen LogP contribution < -0.4 is 11.3 Å². The van der Waals surface area contributed by atoms with E-state index < -0.39 is 0 Å². The van der Waals surface area contributed by atoms with Gasteiger partial charge < -0.3 is 4.74 Å². The monoisotopic (exact) mass is 240 g/mol. The first-order valence-electron chi connectivity index (χ1n) is 5.39. The average molecular weight is 240 g/mol. The van der Waals surface area contributed by atoms with E-state index in [1.165, 1.54) is 10.5 Å². The molecule has 1 unspecified atom stereocenters. The lowest BCUT2D eigenvalue weighted by Crippen LogP contribution is -2.32. The predicted octanol–water partition coefficient (Wildman–Crippen LogP) is 2.34. The van der Waals surface area contributed by atoms with Gasteiger partial charge >= 0.3 is 0 Å². The van der Waals surface area contributed by atoms with E-state index in [-0.39, 0.29) is 12.1 Å². The van der Waals surface area contributed by atoms with Crippen LogP contribution in [0.15, 0.2) is 29.2 Å². The lowest BCUT2D eigenvalue weighted by molar-refractivity contribution is 0.0607. The summed E-state index contributed by atoms with van der Waals surface area (Å²) in [4.78, 5) is 1.23. The summed E-state index contributed by atoms with van der Waals surface area (Å²) >= 11 is 1.72. The highest BCUT2D eigenvalue weighted by Crippen LogP contribution is 2.25. The van der Waals surface area contributed by atoms with Crippen LogP contribution in [0.4, 0.5) is 0 Å². The first-order valence-corrected chi connectivity index (χ1v) is 6.62. The van der Waals surface area contributed by atoms with Crippen LogP contribution in [-0.4, -0.2) is 19.0 Å². The van der Waals surface area contributed by atoms with Crippen LogP contribution in [0.5, 0.6) is 0 Å². The molecule has 0 aliphatic carbocycles. The van der Waals surface area contributed by atoms with E-state index in [1.807, 2.05) is 26.0 Å². The van der Waals surface area contributed by atoms with Gasteiger partial charge in [-0.2, -0.15) is 0 Å². The van der Waals surface area contributed by atoms with E-state index in [1.54, 1.807) is 11.8 Å². The molecule has 1 aromatic carbocycles. The van der Waals surface area contributed by atoms with E-state index in [0.717, 1.165) is 0 Å². The standard InChI is InChI=1S/C12H20N2OS/c1-9(2)15-8-11(14-13)10-6-4-5-7-12(10)16-3/h4-7,9,11,14H,8,13H2,1-3H3. The van der Waals surface area contributed by atoms with Crippen molar-refractivity contribution in [2.75, 3.05) is 12.9 Å².